The number of piperidine rings is 1. The lowest BCUT2D eigenvalue weighted by atomic mass is 10.0. The number of hydrogen-bond acceptors (Lipinski definition) is 3. The molecule has 1 unspecified atom stereocenters. The first-order chi connectivity index (χ1) is 8.99. The summed E-state index contributed by atoms with van der Waals surface area (Å²) in [5.74, 6) is -0.819. The Morgan fingerprint density at radius 2 is 2.26 bits per heavy atom. The Balaban J connectivity index is 2.16. The minimum atomic E-state index is -0.518. The number of rotatable bonds is 2. The summed E-state index contributed by atoms with van der Waals surface area (Å²) in [6.45, 7) is 1.87. The van der Waals surface area contributed by atoms with E-state index in [1.54, 1.807) is 11.9 Å². The fraction of sp³-hybridized carbons (Fsp3) is 0.500. The van der Waals surface area contributed by atoms with Gasteiger partial charge in [0.1, 0.15) is 5.82 Å². The van der Waals surface area contributed by atoms with Crippen molar-refractivity contribution in [1.29, 1.82) is 0 Å². The van der Waals surface area contributed by atoms with E-state index in [4.69, 9.17) is 5.73 Å². The van der Waals surface area contributed by atoms with Crippen molar-refractivity contribution in [1.82, 2.24) is 9.80 Å². The number of nitrogens with two attached hydrogens (primary N) is 1. The van der Waals surface area contributed by atoms with Gasteiger partial charge in [0.2, 0.25) is 0 Å². The molecule has 5 heteroatoms. The number of likely N-dealkylation sites (tertiary alicyclic amines) is 1. The third-order valence-corrected chi connectivity index (χ3v) is 3.69. The van der Waals surface area contributed by atoms with E-state index in [0.717, 1.165) is 25.9 Å². The monoisotopic (exact) mass is 265 g/mol. The highest BCUT2D eigenvalue weighted by molar-refractivity contribution is 5.95. The van der Waals surface area contributed by atoms with E-state index in [1.165, 1.54) is 18.2 Å². The molecule has 2 rings (SSSR count). The molecule has 1 fully saturated rings. The van der Waals surface area contributed by atoms with Gasteiger partial charge in [0.05, 0.1) is 5.56 Å². The van der Waals surface area contributed by atoms with Gasteiger partial charge < -0.3 is 15.5 Å². The quantitative estimate of drug-likeness (QED) is 0.826. The average Bonchev–Trinajstić information content (AvgIpc) is 2.40. The zero-order valence-electron chi connectivity index (χ0n) is 11.4. The summed E-state index contributed by atoms with van der Waals surface area (Å²) in [5, 5.41) is 0. The molecule has 0 saturated carbocycles. The first-order valence-corrected chi connectivity index (χ1v) is 6.50. The van der Waals surface area contributed by atoms with Crippen molar-refractivity contribution in [2.75, 3.05) is 32.9 Å². The lowest BCUT2D eigenvalue weighted by Gasteiger charge is -2.35. The van der Waals surface area contributed by atoms with Gasteiger partial charge in [-0.1, -0.05) is 0 Å². The summed E-state index contributed by atoms with van der Waals surface area (Å²) in [7, 11) is 3.76. The van der Waals surface area contributed by atoms with E-state index in [9.17, 15) is 9.18 Å². The van der Waals surface area contributed by atoms with Crippen LogP contribution in [0.5, 0.6) is 0 Å². The molecule has 1 aromatic carbocycles. The molecule has 2 N–H and O–H groups in total. The Morgan fingerprint density at radius 1 is 1.53 bits per heavy atom. The standard InChI is InChI=1S/C14H20FN3O/c1-17-7-3-4-11(9-17)18(2)14(19)12-8-10(16)5-6-13(12)15/h5-6,8,11H,3-4,7,9,16H2,1-2H3. The fourth-order valence-corrected chi connectivity index (χ4v) is 2.52. The highest BCUT2D eigenvalue weighted by atomic mass is 19.1. The van der Waals surface area contributed by atoms with Gasteiger partial charge in [0.25, 0.3) is 5.91 Å². The Labute approximate surface area is 113 Å². The smallest absolute Gasteiger partial charge is 0.256 e. The van der Waals surface area contributed by atoms with Crippen LogP contribution in [0.4, 0.5) is 10.1 Å². The predicted molar refractivity (Wildman–Crippen MR) is 73.4 cm³/mol. The summed E-state index contributed by atoms with van der Waals surface area (Å²) in [6.07, 6.45) is 2.01. The van der Waals surface area contributed by atoms with Crippen molar-refractivity contribution in [2.45, 2.75) is 18.9 Å². The Bertz CT molecular complexity index is 478. The number of carbonyl (C=O) groups excluding carboxylic acids is 1. The number of halogens is 1. The van der Waals surface area contributed by atoms with E-state index in [-0.39, 0.29) is 17.5 Å². The molecule has 1 heterocycles. The van der Waals surface area contributed by atoms with Gasteiger partial charge in [-0.05, 0) is 44.6 Å². The van der Waals surface area contributed by atoms with E-state index in [1.807, 2.05) is 7.05 Å². The number of anilines is 1. The van der Waals surface area contributed by atoms with Crippen molar-refractivity contribution >= 4 is 11.6 Å². The van der Waals surface area contributed by atoms with Gasteiger partial charge in [-0.2, -0.15) is 0 Å². The van der Waals surface area contributed by atoms with E-state index >= 15 is 0 Å². The first kappa shape index (κ1) is 13.8. The molecular formula is C14H20FN3O. The number of hydrogen-bond donors (Lipinski definition) is 1. The zero-order chi connectivity index (χ0) is 14.0. The van der Waals surface area contributed by atoms with Gasteiger partial charge in [0.15, 0.2) is 0 Å². The largest absolute Gasteiger partial charge is 0.399 e. The van der Waals surface area contributed by atoms with Crippen molar-refractivity contribution in [3.05, 3.63) is 29.6 Å². The second-order valence-corrected chi connectivity index (χ2v) is 5.21. The Hall–Kier alpha value is -1.62. The van der Waals surface area contributed by atoms with E-state index in [2.05, 4.69) is 4.90 Å². The number of amides is 1. The SMILES string of the molecule is CN1CCCC(N(C)C(=O)c2cc(N)ccc2F)C1. The second-order valence-electron chi connectivity index (χ2n) is 5.21. The van der Waals surface area contributed by atoms with Gasteiger partial charge in [-0.15, -0.1) is 0 Å². The van der Waals surface area contributed by atoms with Crippen LogP contribution in [0.25, 0.3) is 0 Å². The first-order valence-electron chi connectivity index (χ1n) is 6.50. The average molecular weight is 265 g/mol. The summed E-state index contributed by atoms with van der Waals surface area (Å²) in [4.78, 5) is 16.2. The predicted octanol–water partition coefficient (Wildman–Crippen LogP) is 1.57. The lowest BCUT2D eigenvalue weighted by molar-refractivity contribution is 0.0639. The number of nitrogen functional groups attached to an aromatic ring is 1. The summed E-state index contributed by atoms with van der Waals surface area (Å²) < 4.78 is 13.7. The number of benzene rings is 1. The molecule has 104 valence electrons. The molecular weight excluding hydrogens is 245 g/mol. The van der Waals surface area contributed by atoms with Crippen LogP contribution >= 0.6 is 0 Å². The molecule has 1 aromatic rings. The van der Waals surface area contributed by atoms with Crippen molar-refractivity contribution in [3.8, 4) is 0 Å². The molecule has 0 spiro atoms. The number of likely N-dealkylation sites (N-methyl/N-ethyl adjacent to an activating group) is 2. The maximum Gasteiger partial charge on any atom is 0.256 e. The molecule has 0 aliphatic carbocycles. The maximum absolute atomic E-state index is 13.7. The molecule has 1 aliphatic rings. The molecule has 1 amide bonds. The molecule has 0 aromatic heterocycles. The van der Waals surface area contributed by atoms with Crippen molar-refractivity contribution in [2.24, 2.45) is 0 Å². The van der Waals surface area contributed by atoms with Crippen LogP contribution in [0.15, 0.2) is 18.2 Å². The molecule has 1 saturated heterocycles. The third kappa shape index (κ3) is 3.04. The van der Waals surface area contributed by atoms with E-state index < -0.39 is 5.82 Å². The van der Waals surface area contributed by atoms with Crippen LogP contribution < -0.4 is 5.73 Å². The molecule has 0 radical (unpaired) electrons. The van der Waals surface area contributed by atoms with E-state index in [0.29, 0.717) is 5.69 Å². The molecule has 0 bridgehead atoms. The maximum atomic E-state index is 13.7. The van der Waals surface area contributed by atoms with Crippen LogP contribution in [0.1, 0.15) is 23.2 Å². The van der Waals surface area contributed by atoms with Gasteiger partial charge in [-0.25, -0.2) is 4.39 Å². The highest BCUT2D eigenvalue weighted by Gasteiger charge is 2.26. The Morgan fingerprint density at radius 3 is 2.95 bits per heavy atom. The molecule has 19 heavy (non-hydrogen) atoms. The van der Waals surface area contributed by atoms with Crippen LogP contribution in [0.2, 0.25) is 0 Å². The molecule has 1 aliphatic heterocycles. The molecule has 1 atom stereocenters. The summed E-state index contributed by atoms with van der Waals surface area (Å²) in [6, 6.07) is 4.23. The van der Waals surface area contributed by atoms with Crippen LogP contribution in [-0.2, 0) is 0 Å². The fourth-order valence-electron chi connectivity index (χ4n) is 2.52. The minimum absolute atomic E-state index is 0.0516. The number of carbonyl (C=O) groups is 1. The Kier molecular flexibility index (Phi) is 4.04. The van der Waals surface area contributed by atoms with Gasteiger partial charge in [0, 0.05) is 25.3 Å². The second kappa shape index (κ2) is 5.57. The van der Waals surface area contributed by atoms with Gasteiger partial charge in [-0.3, -0.25) is 4.79 Å². The van der Waals surface area contributed by atoms with Crippen LogP contribution in [0.3, 0.4) is 0 Å². The summed E-state index contributed by atoms with van der Waals surface area (Å²) >= 11 is 0. The van der Waals surface area contributed by atoms with Crippen molar-refractivity contribution in [3.63, 3.8) is 0 Å². The number of nitrogens with zero attached hydrogens (tertiary/aromatic N) is 2. The minimum Gasteiger partial charge on any atom is -0.399 e. The third-order valence-electron chi connectivity index (χ3n) is 3.69. The summed E-state index contributed by atoms with van der Waals surface area (Å²) in [5.41, 5.74) is 6.07. The van der Waals surface area contributed by atoms with Crippen LogP contribution in [-0.4, -0.2) is 48.9 Å². The zero-order valence-corrected chi connectivity index (χ0v) is 11.4. The van der Waals surface area contributed by atoms with Gasteiger partial charge >= 0.3 is 0 Å². The normalized spacial score (nSPS) is 20.3. The molecule has 4 nitrogen and oxygen atoms in total. The highest BCUT2D eigenvalue weighted by Crippen LogP contribution is 2.19. The van der Waals surface area contributed by atoms with Crippen LogP contribution in [0, 0.1) is 5.82 Å². The van der Waals surface area contributed by atoms with Crippen molar-refractivity contribution < 1.29 is 9.18 Å². The topological polar surface area (TPSA) is 49.6 Å². The lowest BCUT2D eigenvalue weighted by Crippen LogP contribution is -2.47.